The van der Waals surface area contributed by atoms with E-state index < -0.39 is 0 Å². The highest BCUT2D eigenvalue weighted by molar-refractivity contribution is 6.22. The van der Waals surface area contributed by atoms with E-state index in [-0.39, 0.29) is 5.41 Å². The molecular weight excluding hydrogens is 299 g/mol. The zero-order valence-electron chi connectivity index (χ0n) is 12.9. The van der Waals surface area contributed by atoms with Crippen LogP contribution >= 0.6 is 23.2 Å². The highest BCUT2D eigenvalue weighted by Crippen LogP contribution is 2.33. The third-order valence-electron chi connectivity index (χ3n) is 4.18. The van der Waals surface area contributed by atoms with E-state index in [1.807, 2.05) is 0 Å². The first-order valence-electron chi connectivity index (χ1n) is 7.26. The minimum Gasteiger partial charge on any atom is -0.126 e. The molecule has 0 nitrogen and oxygen atoms in total. The Morgan fingerprint density at radius 1 is 0.857 bits per heavy atom. The van der Waals surface area contributed by atoms with E-state index in [0.717, 1.165) is 6.42 Å². The molecule has 0 saturated heterocycles. The van der Waals surface area contributed by atoms with Crippen LogP contribution in [0.15, 0.2) is 42.5 Å². The number of hydrogen-bond donors (Lipinski definition) is 0. The molecule has 2 aromatic carbocycles. The summed E-state index contributed by atoms with van der Waals surface area (Å²) >= 11 is 12.7. The van der Waals surface area contributed by atoms with Crippen molar-refractivity contribution in [1.82, 2.24) is 0 Å². The van der Waals surface area contributed by atoms with Crippen LogP contribution in [-0.4, -0.2) is 11.8 Å². The van der Waals surface area contributed by atoms with E-state index in [4.69, 9.17) is 23.2 Å². The summed E-state index contributed by atoms with van der Waals surface area (Å²) in [6, 6.07) is 15.1. The summed E-state index contributed by atoms with van der Waals surface area (Å²) in [5, 5.41) is 0. The molecule has 0 fully saturated rings. The molecule has 2 rings (SSSR count). The average Bonchev–Trinajstić information content (AvgIpc) is 2.48. The molecule has 0 amide bonds. The van der Waals surface area contributed by atoms with Gasteiger partial charge in [0.1, 0.15) is 0 Å². The van der Waals surface area contributed by atoms with Crippen molar-refractivity contribution in [3.63, 3.8) is 0 Å². The number of rotatable bonds is 5. The van der Waals surface area contributed by atoms with Crippen molar-refractivity contribution in [3.05, 3.63) is 70.3 Å². The Bertz CT molecular complexity index is 613. The maximum atomic E-state index is 6.37. The molecule has 0 heterocycles. The van der Waals surface area contributed by atoms with Crippen molar-refractivity contribution in [2.24, 2.45) is 0 Å². The molecule has 21 heavy (non-hydrogen) atoms. The normalized spacial score (nSPS) is 11.7. The van der Waals surface area contributed by atoms with E-state index in [1.54, 1.807) is 0 Å². The molecule has 0 bridgehead atoms. The Morgan fingerprint density at radius 3 is 2.14 bits per heavy atom. The minimum atomic E-state index is -0.215. The molecule has 112 valence electrons. The van der Waals surface area contributed by atoms with Crippen LogP contribution in [0.1, 0.15) is 27.8 Å². The number of hydrogen-bond acceptors (Lipinski definition) is 0. The van der Waals surface area contributed by atoms with Crippen LogP contribution in [0.3, 0.4) is 0 Å². The summed E-state index contributed by atoms with van der Waals surface area (Å²) < 4.78 is 0. The first-order valence-corrected chi connectivity index (χ1v) is 8.33. The second kappa shape index (κ2) is 6.85. The van der Waals surface area contributed by atoms with Gasteiger partial charge >= 0.3 is 0 Å². The molecule has 0 unspecified atom stereocenters. The van der Waals surface area contributed by atoms with Gasteiger partial charge in [-0.25, -0.2) is 0 Å². The van der Waals surface area contributed by atoms with Crippen molar-refractivity contribution in [1.29, 1.82) is 0 Å². The van der Waals surface area contributed by atoms with Crippen LogP contribution in [0.2, 0.25) is 0 Å². The standard InChI is InChI=1S/C19H22Cl2/c1-14-5-4-6-18(10-14)19(12-20,13-21)11-17-9-15(2)7-8-16(17)3/h4-10H,11-13H2,1-3H3. The van der Waals surface area contributed by atoms with Gasteiger partial charge in [0.25, 0.3) is 0 Å². The molecule has 2 heteroatoms. The van der Waals surface area contributed by atoms with Gasteiger partial charge in [-0.2, -0.15) is 0 Å². The quantitative estimate of drug-likeness (QED) is 0.632. The maximum absolute atomic E-state index is 6.37. The fourth-order valence-corrected chi connectivity index (χ4v) is 3.50. The molecule has 0 aliphatic carbocycles. The fraction of sp³-hybridized carbons (Fsp3) is 0.368. The lowest BCUT2D eigenvalue weighted by Gasteiger charge is -2.31. The highest BCUT2D eigenvalue weighted by Gasteiger charge is 2.31. The van der Waals surface area contributed by atoms with E-state index >= 15 is 0 Å². The molecule has 0 aliphatic rings. The van der Waals surface area contributed by atoms with Crippen molar-refractivity contribution < 1.29 is 0 Å². The predicted molar refractivity (Wildman–Crippen MR) is 93.9 cm³/mol. The van der Waals surface area contributed by atoms with Gasteiger partial charge in [-0.05, 0) is 43.9 Å². The molecule has 0 aliphatic heterocycles. The predicted octanol–water partition coefficient (Wildman–Crippen LogP) is 5.57. The summed E-state index contributed by atoms with van der Waals surface area (Å²) in [7, 11) is 0. The lowest BCUT2D eigenvalue weighted by molar-refractivity contribution is 0.534. The summed E-state index contributed by atoms with van der Waals surface area (Å²) in [5.41, 5.74) is 6.17. The molecule has 0 saturated carbocycles. The van der Waals surface area contributed by atoms with E-state index in [2.05, 4.69) is 63.2 Å². The topological polar surface area (TPSA) is 0 Å². The smallest absolute Gasteiger partial charge is 0.0335 e. The zero-order chi connectivity index (χ0) is 15.5. The minimum absolute atomic E-state index is 0.215. The largest absolute Gasteiger partial charge is 0.126 e. The number of aryl methyl sites for hydroxylation is 3. The molecule has 0 radical (unpaired) electrons. The second-order valence-electron chi connectivity index (χ2n) is 6.02. The van der Waals surface area contributed by atoms with Gasteiger partial charge in [0.2, 0.25) is 0 Å². The first-order chi connectivity index (χ1) is 10.0. The lowest BCUT2D eigenvalue weighted by atomic mass is 9.77. The first kappa shape index (κ1) is 16.4. The van der Waals surface area contributed by atoms with E-state index in [0.29, 0.717) is 11.8 Å². The van der Waals surface area contributed by atoms with Crippen molar-refractivity contribution in [2.45, 2.75) is 32.6 Å². The van der Waals surface area contributed by atoms with Crippen molar-refractivity contribution >= 4 is 23.2 Å². The maximum Gasteiger partial charge on any atom is 0.0335 e. The summed E-state index contributed by atoms with van der Waals surface area (Å²) in [4.78, 5) is 0. The van der Waals surface area contributed by atoms with Gasteiger partial charge in [0.15, 0.2) is 0 Å². The van der Waals surface area contributed by atoms with Crippen LogP contribution < -0.4 is 0 Å². The summed E-state index contributed by atoms with van der Waals surface area (Å²) in [5.74, 6) is 1.04. The van der Waals surface area contributed by atoms with Crippen LogP contribution in [0.5, 0.6) is 0 Å². The molecule has 2 aromatic rings. The number of alkyl halides is 2. The fourth-order valence-electron chi connectivity index (χ4n) is 2.72. The van der Waals surface area contributed by atoms with Crippen LogP contribution in [0, 0.1) is 20.8 Å². The van der Waals surface area contributed by atoms with Crippen LogP contribution in [0.4, 0.5) is 0 Å². The van der Waals surface area contributed by atoms with Crippen molar-refractivity contribution in [3.8, 4) is 0 Å². The second-order valence-corrected chi connectivity index (χ2v) is 6.56. The molecule has 0 atom stereocenters. The number of halogens is 2. The van der Waals surface area contributed by atoms with Crippen LogP contribution in [-0.2, 0) is 11.8 Å². The van der Waals surface area contributed by atoms with Gasteiger partial charge in [0.05, 0.1) is 0 Å². The van der Waals surface area contributed by atoms with E-state index in [1.165, 1.54) is 27.8 Å². The monoisotopic (exact) mass is 320 g/mol. The van der Waals surface area contributed by atoms with Crippen molar-refractivity contribution in [2.75, 3.05) is 11.8 Å². The molecule has 0 spiro atoms. The Labute approximate surface area is 138 Å². The zero-order valence-corrected chi connectivity index (χ0v) is 14.4. The Morgan fingerprint density at radius 2 is 1.52 bits per heavy atom. The Hall–Kier alpha value is -0.980. The van der Waals surface area contributed by atoms with Gasteiger partial charge in [-0.1, -0.05) is 53.6 Å². The molecule has 0 aromatic heterocycles. The lowest BCUT2D eigenvalue weighted by Crippen LogP contribution is -2.33. The SMILES string of the molecule is Cc1cccc(C(CCl)(CCl)Cc2cc(C)ccc2C)c1. The highest BCUT2D eigenvalue weighted by atomic mass is 35.5. The van der Waals surface area contributed by atoms with Crippen LogP contribution in [0.25, 0.3) is 0 Å². The third kappa shape index (κ3) is 3.62. The third-order valence-corrected chi connectivity index (χ3v) is 5.20. The Balaban J connectivity index is 2.45. The molecule has 0 N–H and O–H groups in total. The van der Waals surface area contributed by atoms with Gasteiger partial charge in [0, 0.05) is 17.2 Å². The Kier molecular flexibility index (Phi) is 5.35. The summed E-state index contributed by atoms with van der Waals surface area (Å²) in [6.45, 7) is 6.38. The van der Waals surface area contributed by atoms with Gasteiger partial charge in [-0.3, -0.25) is 0 Å². The van der Waals surface area contributed by atoms with Gasteiger partial charge < -0.3 is 0 Å². The van der Waals surface area contributed by atoms with E-state index in [9.17, 15) is 0 Å². The van der Waals surface area contributed by atoms with Gasteiger partial charge in [-0.15, -0.1) is 23.2 Å². The number of benzene rings is 2. The summed E-state index contributed by atoms with van der Waals surface area (Å²) in [6.07, 6.45) is 0.872. The molecular formula is C19H22Cl2. The average molecular weight is 321 g/mol.